The maximum atomic E-state index is 12.9. The first-order valence-electron chi connectivity index (χ1n) is 8.88. The summed E-state index contributed by atoms with van der Waals surface area (Å²) in [5.74, 6) is -0.533. The number of esters is 1. The summed E-state index contributed by atoms with van der Waals surface area (Å²) in [5, 5.41) is 2.87. The minimum absolute atomic E-state index is 0.417. The Morgan fingerprint density at radius 1 is 1.04 bits per heavy atom. The Bertz CT molecular complexity index is 975. The van der Waals surface area contributed by atoms with Crippen molar-refractivity contribution < 1.29 is 18.7 Å². The van der Waals surface area contributed by atoms with Gasteiger partial charge in [0.05, 0.1) is 6.26 Å². The Labute approximate surface area is 163 Å². The lowest BCUT2D eigenvalue weighted by Crippen LogP contribution is -2.25. The minimum Gasteiger partial charge on any atom is -0.465 e. The van der Waals surface area contributed by atoms with Crippen molar-refractivity contribution in [1.82, 2.24) is 0 Å². The number of rotatable bonds is 6. The predicted molar refractivity (Wildman–Crippen MR) is 108 cm³/mol. The highest BCUT2D eigenvalue weighted by Crippen LogP contribution is 2.23. The number of nitrogens with one attached hydrogen (secondary N) is 1. The molecule has 0 aliphatic rings. The molecule has 0 bridgehead atoms. The van der Waals surface area contributed by atoms with Crippen LogP contribution in [0.5, 0.6) is 0 Å². The van der Waals surface area contributed by atoms with E-state index in [0.29, 0.717) is 17.0 Å². The monoisotopic (exact) mass is 375 g/mol. The number of anilines is 1. The second-order valence-electron chi connectivity index (χ2n) is 6.38. The fourth-order valence-electron chi connectivity index (χ4n) is 2.66. The molecule has 28 heavy (non-hydrogen) atoms. The molecule has 0 fully saturated rings. The fraction of sp³-hybridized carbons (Fsp3) is 0.130. The van der Waals surface area contributed by atoms with Crippen molar-refractivity contribution in [1.29, 1.82) is 0 Å². The van der Waals surface area contributed by atoms with E-state index in [2.05, 4.69) is 5.32 Å². The highest BCUT2D eigenvalue weighted by Gasteiger charge is 2.24. The Kier molecular flexibility index (Phi) is 6.07. The van der Waals surface area contributed by atoms with E-state index in [1.807, 2.05) is 38.1 Å². The summed E-state index contributed by atoms with van der Waals surface area (Å²) in [6.45, 7) is 3.86. The van der Waals surface area contributed by atoms with Crippen LogP contribution in [0.3, 0.4) is 0 Å². The Balaban J connectivity index is 1.79. The lowest BCUT2D eigenvalue weighted by atomic mass is 10.1. The Morgan fingerprint density at radius 3 is 2.54 bits per heavy atom. The van der Waals surface area contributed by atoms with Crippen LogP contribution in [0.4, 0.5) is 5.69 Å². The highest BCUT2D eigenvalue weighted by atomic mass is 16.5. The van der Waals surface area contributed by atoms with Gasteiger partial charge in [-0.15, -0.1) is 0 Å². The van der Waals surface area contributed by atoms with E-state index >= 15 is 0 Å². The molecular formula is C23H21NO4. The average molecular weight is 375 g/mol. The van der Waals surface area contributed by atoms with Crippen molar-refractivity contribution in [2.45, 2.75) is 20.0 Å². The van der Waals surface area contributed by atoms with Gasteiger partial charge in [0, 0.05) is 17.3 Å². The first-order valence-corrected chi connectivity index (χ1v) is 8.88. The molecule has 0 aliphatic carbocycles. The average Bonchev–Trinajstić information content (AvgIpc) is 3.21. The quantitative estimate of drug-likeness (QED) is 0.495. The molecule has 2 aromatic carbocycles. The molecule has 5 heteroatoms. The van der Waals surface area contributed by atoms with E-state index in [1.54, 1.807) is 36.4 Å². The van der Waals surface area contributed by atoms with Gasteiger partial charge in [-0.1, -0.05) is 42.5 Å². The SMILES string of the molecule is Cc1ccc(C)c(NC(=O)C(OC(=O)/C=C/c2ccco2)c2ccccc2)c1. The van der Waals surface area contributed by atoms with Crippen molar-refractivity contribution in [2.24, 2.45) is 0 Å². The lowest BCUT2D eigenvalue weighted by molar-refractivity contribution is -0.149. The number of aryl methyl sites for hydroxylation is 2. The van der Waals surface area contributed by atoms with Gasteiger partial charge in [-0.2, -0.15) is 0 Å². The van der Waals surface area contributed by atoms with Gasteiger partial charge in [0.2, 0.25) is 6.10 Å². The van der Waals surface area contributed by atoms with Crippen molar-refractivity contribution in [3.8, 4) is 0 Å². The zero-order valence-corrected chi connectivity index (χ0v) is 15.7. The summed E-state index contributed by atoms with van der Waals surface area (Å²) in [4.78, 5) is 25.2. The molecule has 3 rings (SSSR count). The normalized spacial score (nSPS) is 11.9. The summed E-state index contributed by atoms with van der Waals surface area (Å²) in [6.07, 6.45) is 3.16. The Hall–Kier alpha value is -3.60. The summed E-state index contributed by atoms with van der Waals surface area (Å²) < 4.78 is 10.6. The number of ether oxygens (including phenoxy) is 1. The van der Waals surface area contributed by atoms with Crippen LogP contribution in [0, 0.1) is 13.8 Å². The molecule has 3 aromatic rings. The van der Waals surface area contributed by atoms with Crippen LogP contribution < -0.4 is 5.32 Å². The molecule has 0 saturated carbocycles. The molecule has 0 radical (unpaired) electrons. The van der Waals surface area contributed by atoms with Gasteiger partial charge in [0.1, 0.15) is 5.76 Å². The van der Waals surface area contributed by atoms with E-state index in [0.717, 1.165) is 11.1 Å². The number of hydrogen-bond acceptors (Lipinski definition) is 4. The summed E-state index contributed by atoms with van der Waals surface area (Å²) in [6, 6.07) is 18.1. The van der Waals surface area contributed by atoms with Crippen molar-refractivity contribution in [3.63, 3.8) is 0 Å². The van der Waals surface area contributed by atoms with Crippen molar-refractivity contribution in [3.05, 3.63) is 95.5 Å². The molecule has 1 heterocycles. The van der Waals surface area contributed by atoms with Crippen LogP contribution in [0.15, 0.2) is 77.4 Å². The largest absolute Gasteiger partial charge is 0.465 e. The van der Waals surface area contributed by atoms with E-state index in [1.165, 1.54) is 18.4 Å². The van der Waals surface area contributed by atoms with Crippen LogP contribution in [-0.4, -0.2) is 11.9 Å². The number of furan rings is 1. The van der Waals surface area contributed by atoms with Gasteiger partial charge >= 0.3 is 5.97 Å². The third-order valence-corrected chi connectivity index (χ3v) is 4.15. The third-order valence-electron chi connectivity index (χ3n) is 4.15. The van der Waals surface area contributed by atoms with E-state index in [4.69, 9.17) is 9.15 Å². The second kappa shape index (κ2) is 8.86. The van der Waals surface area contributed by atoms with Crippen molar-refractivity contribution in [2.75, 3.05) is 5.32 Å². The van der Waals surface area contributed by atoms with Gasteiger partial charge in [0.25, 0.3) is 5.91 Å². The van der Waals surface area contributed by atoms with Crippen LogP contribution >= 0.6 is 0 Å². The molecule has 5 nitrogen and oxygen atoms in total. The summed E-state index contributed by atoms with van der Waals surface area (Å²) >= 11 is 0. The molecule has 1 aromatic heterocycles. The second-order valence-corrected chi connectivity index (χ2v) is 6.38. The molecule has 1 amide bonds. The van der Waals surface area contributed by atoms with Crippen LogP contribution in [0.1, 0.15) is 28.6 Å². The van der Waals surface area contributed by atoms with Gasteiger partial charge in [-0.05, 0) is 49.2 Å². The smallest absolute Gasteiger partial charge is 0.332 e. The van der Waals surface area contributed by atoms with Gasteiger partial charge in [0.15, 0.2) is 0 Å². The topological polar surface area (TPSA) is 68.5 Å². The van der Waals surface area contributed by atoms with Gasteiger partial charge in [-0.3, -0.25) is 4.79 Å². The third kappa shape index (κ3) is 4.98. The molecule has 142 valence electrons. The number of carbonyl (C=O) groups is 2. The first-order chi connectivity index (χ1) is 13.5. The molecule has 1 unspecified atom stereocenters. The van der Waals surface area contributed by atoms with Crippen molar-refractivity contribution >= 4 is 23.6 Å². The predicted octanol–water partition coefficient (Wildman–Crippen LogP) is 4.83. The highest BCUT2D eigenvalue weighted by molar-refractivity contribution is 5.98. The molecule has 0 spiro atoms. The zero-order chi connectivity index (χ0) is 19.9. The molecular weight excluding hydrogens is 354 g/mol. The minimum atomic E-state index is -1.07. The first kappa shape index (κ1) is 19.2. The standard InChI is InChI=1S/C23H21NO4/c1-16-10-11-17(2)20(15-16)24-23(26)22(18-7-4-3-5-8-18)28-21(25)13-12-19-9-6-14-27-19/h3-15,22H,1-2H3,(H,24,26)/b13-12+. The number of amides is 1. The van der Waals surface area contributed by atoms with Crippen LogP contribution in [0.25, 0.3) is 6.08 Å². The van der Waals surface area contributed by atoms with Crippen LogP contribution in [-0.2, 0) is 14.3 Å². The summed E-state index contributed by atoms with van der Waals surface area (Å²) in [5.41, 5.74) is 3.23. The molecule has 0 saturated heterocycles. The van der Waals surface area contributed by atoms with Gasteiger partial charge < -0.3 is 14.5 Å². The number of benzene rings is 2. The maximum Gasteiger partial charge on any atom is 0.332 e. The Morgan fingerprint density at radius 2 is 1.82 bits per heavy atom. The van der Waals surface area contributed by atoms with E-state index < -0.39 is 18.0 Å². The zero-order valence-electron chi connectivity index (χ0n) is 15.7. The summed E-state index contributed by atoms with van der Waals surface area (Å²) in [7, 11) is 0. The molecule has 0 aliphatic heterocycles. The van der Waals surface area contributed by atoms with Gasteiger partial charge in [-0.25, -0.2) is 4.79 Å². The lowest BCUT2D eigenvalue weighted by Gasteiger charge is -2.18. The molecule has 1 atom stereocenters. The van der Waals surface area contributed by atoms with E-state index in [-0.39, 0.29) is 0 Å². The van der Waals surface area contributed by atoms with Crippen LogP contribution in [0.2, 0.25) is 0 Å². The maximum absolute atomic E-state index is 12.9. The van der Waals surface area contributed by atoms with E-state index in [9.17, 15) is 9.59 Å². The number of hydrogen-bond donors (Lipinski definition) is 1. The number of carbonyl (C=O) groups excluding carboxylic acids is 2. The molecule has 1 N–H and O–H groups in total. The fourth-order valence-corrected chi connectivity index (χ4v) is 2.66.